The Kier molecular flexibility index (Phi) is 3.18. The zero-order valence-corrected chi connectivity index (χ0v) is 11.6. The highest BCUT2D eigenvalue weighted by Crippen LogP contribution is 2.40. The summed E-state index contributed by atoms with van der Waals surface area (Å²) in [7, 11) is 3.37. The lowest BCUT2D eigenvalue weighted by Gasteiger charge is -2.09. The Morgan fingerprint density at radius 1 is 1.25 bits per heavy atom. The Morgan fingerprint density at radius 3 is 2.65 bits per heavy atom. The van der Waals surface area contributed by atoms with E-state index in [0.717, 1.165) is 17.1 Å². The molecule has 3 rings (SSSR count). The largest absolute Gasteiger partial charge is 0.504 e. The van der Waals surface area contributed by atoms with Gasteiger partial charge in [0, 0.05) is 30.3 Å². The molecule has 1 saturated carbocycles. The van der Waals surface area contributed by atoms with Crippen LogP contribution in [-0.4, -0.2) is 29.2 Å². The standard InChI is InChI=1S/C15H17N3O2/c1-16-14-8-11(9-3-4-9)17-15(18-14)10-5-6-13(20-2)12(19)7-10/h5-9,19H,3-4H2,1-2H3,(H,16,17,18). The maximum Gasteiger partial charge on any atom is 0.161 e. The van der Waals surface area contributed by atoms with Crippen molar-refractivity contribution in [1.29, 1.82) is 0 Å². The SMILES string of the molecule is CNc1cc(C2CC2)nc(-c2ccc(OC)c(O)c2)n1. The molecule has 0 amide bonds. The van der Waals surface area contributed by atoms with Gasteiger partial charge in [-0.25, -0.2) is 9.97 Å². The van der Waals surface area contributed by atoms with Gasteiger partial charge < -0.3 is 15.2 Å². The Morgan fingerprint density at radius 2 is 2.05 bits per heavy atom. The van der Waals surface area contributed by atoms with E-state index in [2.05, 4.69) is 15.3 Å². The van der Waals surface area contributed by atoms with Crippen molar-refractivity contribution in [2.45, 2.75) is 18.8 Å². The van der Waals surface area contributed by atoms with Crippen LogP contribution in [0.15, 0.2) is 24.3 Å². The van der Waals surface area contributed by atoms with Crippen molar-refractivity contribution >= 4 is 5.82 Å². The molecule has 1 aliphatic carbocycles. The van der Waals surface area contributed by atoms with E-state index in [9.17, 15) is 5.11 Å². The molecule has 0 aliphatic heterocycles. The third-order valence-electron chi connectivity index (χ3n) is 3.43. The van der Waals surface area contributed by atoms with Gasteiger partial charge in [0.25, 0.3) is 0 Å². The number of phenols is 1. The minimum absolute atomic E-state index is 0.0939. The summed E-state index contributed by atoms with van der Waals surface area (Å²) in [5.41, 5.74) is 1.84. The summed E-state index contributed by atoms with van der Waals surface area (Å²) < 4.78 is 5.05. The minimum Gasteiger partial charge on any atom is -0.504 e. The van der Waals surface area contributed by atoms with E-state index in [1.54, 1.807) is 12.1 Å². The van der Waals surface area contributed by atoms with Crippen LogP contribution in [0, 0.1) is 0 Å². The number of rotatable bonds is 4. The van der Waals surface area contributed by atoms with Crippen molar-refractivity contribution in [3.8, 4) is 22.9 Å². The number of aromatic hydroxyl groups is 1. The summed E-state index contributed by atoms with van der Waals surface area (Å²) in [6.07, 6.45) is 2.38. The first-order valence-corrected chi connectivity index (χ1v) is 6.65. The highest BCUT2D eigenvalue weighted by atomic mass is 16.5. The van der Waals surface area contributed by atoms with E-state index in [4.69, 9.17) is 4.74 Å². The normalized spacial score (nSPS) is 14.1. The molecule has 0 unspecified atom stereocenters. The van der Waals surface area contributed by atoms with Gasteiger partial charge >= 0.3 is 0 Å². The quantitative estimate of drug-likeness (QED) is 0.895. The molecule has 2 N–H and O–H groups in total. The number of benzene rings is 1. The molecule has 1 aliphatic rings. The van der Waals surface area contributed by atoms with Gasteiger partial charge in [-0.05, 0) is 31.0 Å². The van der Waals surface area contributed by atoms with Gasteiger partial charge in [-0.15, -0.1) is 0 Å². The van der Waals surface area contributed by atoms with Gasteiger partial charge in [-0.2, -0.15) is 0 Å². The van der Waals surface area contributed by atoms with E-state index < -0.39 is 0 Å². The molecule has 0 bridgehead atoms. The number of hydrogen-bond donors (Lipinski definition) is 2. The molecule has 1 aromatic carbocycles. The smallest absolute Gasteiger partial charge is 0.161 e. The van der Waals surface area contributed by atoms with Crippen molar-refractivity contribution in [1.82, 2.24) is 9.97 Å². The molecule has 104 valence electrons. The maximum atomic E-state index is 9.87. The van der Waals surface area contributed by atoms with Crippen LogP contribution in [0.2, 0.25) is 0 Å². The second kappa shape index (κ2) is 5.00. The Hall–Kier alpha value is -2.30. The van der Waals surface area contributed by atoms with Crippen molar-refractivity contribution in [2.75, 3.05) is 19.5 Å². The summed E-state index contributed by atoms with van der Waals surface area (Å²) in [6, 6.07) is 7.19. The molecule has 5 nitrogen and oxygen atoms in total. The lowest BCUT2D eigenvalue weighted by Crippen LogP contribution is -2.00. The van der Waals surface area contributed by atoms with Gasteiger partial charge in [0.1, 0.15) is 5.82 Å². The van der Waals surface area contributed by atoms with E-state index in [1.165, 1.54) is 20.0 Å². The molecular formula is C15H17N3O2. The predicted octanol–water partition coefficient (Wildman–Crippen LogP) is 2.78. The van der Waals surface area contributed by atoms with Crippen molar-refractivity contribution in [3.05, 3.63) is 30.0 Å². The number of phenolic OH excluding ortho intramolecular Hbond substituents is 1. The van der Waals surface area contributed by atoms with E-state index >= 15 is 0 Å². The van der Waals surface area contributed by atoms with Crippen LogP contribution in [0.3, 0.4) is 0 Å². The average Bonchev–Trinajstić information content (AvgIpc) is 3.31. The molecule has 0 atom stereocenters. The number of hydrogen-bond acceptors (Lipinski definition) is 5. The van der Waals surface area contributed by atoms with Crippen LogP contribution >= 0.6 is 0 Å². The zero-order valence-electron chi connectivity index (χ0n) is 11.6. The average molecular weight is 271 g/mol. The summed E-state index contributed by atoms with van der Waals surface area (Å²) in [4.78, 5) is 9.06. The first-order chi connectivity index (χ1) is 9.71. The van der Waals surface area contributed by atoms with E-state index in [1.807, 2.05) is 19.2 Å². The monoisotopic (exact) mass is 271 g/mol. The zero-order chi connectivity index (χ0) is 14.1. The van der Waals surface area contributed by atoms with Crippen LogP contribution in [0.5, 0.6) is 11.5 Å². The fourth-order valence-electron chi connectivity index (χ4n) is 2.14. The van der Waals surface area contributed by atoms with Crippen molar-refractivity contribution in [2.24, 2.45) is 0 Å². The molecule has 1 heterocycles. The van der Waals surface area contributed by atoms with Crippen molar-refractivity contribution in [3.63, 3.8) is 0 Å². The van der Waals surface area contributed by atoms with Crippen molar-refractivity contribution < 1.29 is 9.84 Å². The Bertz CT molecular complexity index is 639. The molecule has 0 spiro atoms. The Labute approximate surface area is 117 Å². The first kappa shape index (κ1) is 12.7. The molecule has 20 heavy (non-hydrogen) atoms. The van der Waals surface area contributed by atoms with Crippen LogP contribution in [0.4, 0.5) is 5.82 Å². The Balaban J connectivity index is 2.04. The number of anilines is 1. The minimum atomic E-state index is 0.0939. The molecule has 2 aromatic rings. The fourth-order valence-corrected chi connectivity index (χ4v) is 2.14. The molecular weight excluding hydrogens is 254 g/mol. The number of ether oxygens (including phenoxy) is 1. The fraction of sp³-hybridized carbons (Fsp3) is 0.333. The number of nitrogens with zero attached hydrogens (tertiary/aromatic N) is 2. The lowest BCUT2D eigenvalue weighted by molar-refractivity contribution is 0.373. The second-order valence-electron chi connectivity index (χ2n) is 4.91. The van der Waals surface area contributed by atoms with Crippen LogP contribution in [0.1, 0.15) is 24.5 Å². The number of methoxy groups -OCH3 is 1. The van der Waals surface area contributed by atoms with Gasteiger partial charge in [0.15, 0.2) is 17.3 Å². The first-order valence-electron chi connectivity index (χ1n) is 6.65. The van der Waals surface area contributed by atoms with Gasteiger partial charge in [0.2, 0.25) is 0 Å². The van der Waals surface area contributed by atoms with Crippen LogP contribution < -0.4 is 10.1 Å². The number of nitrogens with one attached hydrogen (secondary N) is 1. The van der Waals surface area contributed by atoms with Gasteiger partial charge in [-0.1, -0.05) is 0 Å². The van der Waals surface area contributed by atoms with Crippen LogP contribution in [-0.2, 0) is 0 Å². The highest BCUT2D eigenvalue weighted by Gasteiger charge is 2.26. The lowest BCUT2D eigenvalue weighted by atomic mass is 10.1. The van der Waals surface area contributed by atoms with E-state index in [0.29, 0.717) is 17.5 Å². The summed E-state index contributed by atoms with van der Waals surface area (Å²) in [5.74, 6) is 2.51. The van der Waals surface area contributed by atoms with Gasteiger partial charge in [-0.3, -0.25) is 0 Å². The molecule has 0 saturated heterocycles. The van der Waals surface area contributed by atoms with Crippen LogP contribution in [0.25, 0.3) is 11.4 Å². The maximum absolute atomic E-state index is 9.87. The molecule has 1 fully saturated rings. The third kappa shape index (κ3) is 2.39. The predicted molar refractivity (Wildman–Crippen MR) is 77.2 cm³/mol. The summed E-state index contributed by atoms with van der Waals surface area (Å²) in [6.45, 7) is 0. The van der Waals surface area contributed by atoms with E-state index in [-0.39, 0.29) is 5.75 Å². The van der Waals surface area contributed by atoms with Gasteiger partial charge in [0.05, 0.1) is 7.11 Å². The highest BCUT2D eigenvalue weighted by molar-refractivity contribution is 5.62. The summed E-state index contributed by atoms with van der Waals surface area (Å²) >= 11 is 0. The molecule has 0 radical (unpaired) electrons. The number of aromatic nitrogens is 2. The third-order valence-corrected chi connectivity index (χ3v) is 3.43. The second-order valence-corrected chi connectivity index (χ2v) is 4.91. The topological polar surface area (TPSA) is 67.3 Å². The summed E-state index contributed by atoms with van der Waals surface area (Å²) in [5, 5.41) is 12.9. The molecule has 1 aromatic heterocycles. The molecule has 5 heteroatoms.